The Kier molecular flexibility index (Phi) is 5.57. The van der Waals surface area contributed by atoms with E-state index in [1.165, 1.54) is 0 Å². The average molecular weight is 612 g/mol. The summed E-state index contributed by atoms with van der Waals surface area (Å²) in [6.07, 6.45) is -0.139. The van der Waals surface area contributed by atoms with Crippen LogP contribution in [0, 0.1) is 11.8 Å². The molecule has 0 saturated carbocycles. The molecule has 3 aromatic rings. The molecule has 0 aromatic heterocycles. The van der Waals surface area contributed by atoms with Gasteiger partial charge in [0.15, 0.2) is 34.4 Å². The van der Waals surface area contributed by atoms with Gasteiger partial charge in [0.1, 0.15) is 22.8 Å². The van der Waals surface area contributed by atoms with Gasteiger partial charge in [-0.2, -0.15) is 0 Å². The molecule has 5 aliphatic rings. The lowest BCUT2D eigenvalue weighted by Gasteiger charge is -2.45. The minimum atomic E-state index is -2.65. The van der Waals surface area contributed by atoms with E-state index in [9.17, 15) is 34.8 Å². The van der Waals surface area contributed by atoms with Crippen LogP contribution in [0.1, 0.15) is 28.8 Å². The van der Waals surface area contributed by atoms with Crippen molar-refractivity contribution in [2.24, 2.45) is 17.6 Å². The summed E-state index contributed by atoms with van der Waals surface area (Å²) in [5.41, 5.74) is 4.08. The summed E-state index contributed by atoms with van der Waals surface area (Å²) >= 11 is 0. The van der Waals surface area contributed by atoms with Crippen molar-refractivity contribution in [3.8, 4) is 51.0 Å². The maximum Gasteiger partial charge on any atom is 0.255 e. The van der Waals surface area contributed by atoms with Crippen LogP contribution in [-0.2, 0) is 16.0 Å². The highest BCUT2D eigenvalue weighted by Gasteiger charge is 2.59. The number of nitrogens with two attached hydrogens (primary N) is 1. The summed E-state index contributed by atoms with van der Waals surface area (Å²) in [5.74, 6) is -4.83. The minimum absolute atomic E-state index is 0.0220. The zero-order valence-corrected chi connectivity index (χ0v) is 23.5. The van der Waals surface area contributed by atoms with Gasteiger partial charge in [0.2, 0.25) is 19.4 Å². The smallest absolute Gasteiger partial charge is 0.255 e. The number of aliphatic hydroxyl groups excluding tert-OH is 2. The lowest BCUT2D eigenvalue weighted by atomic mass is 9.60. The molecule has 8 rings (SSSR count). The first-order valence-electron chi connectivity index (χ1n) is 14.2. The number of carbonyl (C=O) groups is 3. The van der Waals surface area contributed by atoms with Gasteiger partial charge in [0.25, 0.3) is 5.91 Å². The summed E-state index contributed by atoms with van der Waals surface area (Å²) in [6.45, 7) is 0.0997. The van der Waals surface area contributed by atoms with E-state index in [0.717, 1.165) is 0 Å². The number of carbonyl (C=O) groups excluding carboxylic acids is 3. The Morgan fingerprint density at radius 3 is 2.04 bits per heavy atom. The first kappa shape index (κ1) is 27.1. The maximum absolute atomic E-state index is 14.4. The second-order valence-electron chi connectivity index (χ2n) is 11.7. The molecular formula is C33H25NO11. The number of benzene rings is 3. The quantitative estimate of drug-likeness (QED) is 0.273. The topological polar surface area (TPSA) is 195 Å². The van der Waals surface area contributed by atoms with Crippen LogP contribution in [0.15, 0.2) is 65.1 Å². The lowest BCUT2D eigenvalue weighted by Crippen LogP contribution is -2.57. The van der Waals surface area contributed by atoms with Gasteiger partial charge in [0.05, 0.1) is 5.56 Å². The van der Waals surface area contributed by atoms with E-state index >= 15 is 0 Å². The van der Waals surface area contributed by atoms with Crippen molar-refractivity contribution in [3.05, 3.63) is 76.3 Å². The monoisotopic (exact) mass is 611 g/mol. The third-order valence-corrected chi connectivity index (χ3v) is 9.43. The molecule has 3 atom stereocenters. The van der Waals surface area contributed by atoms with Gasteiger partial charge in [-0.1, -0.05) is 12.1 Å². The van der Waals surface area contributed by atoms with Gasteiger partial charge in [-0.05, 0) is 71.3 Å². The minimum Gasteiger partial charge on any atom is -0.511 e. The van der Waals surface area contributed by atoms with Gasteiger partial charge in [0, 0.05) is 23.5 Å². The zero-order valence-electron chi connectivity index (χ0n) is 23.5. The predicted octanol–water partition coefficient (Wildman–Crippen LogP) is 3.37. The van der Waals surface area contributed by atoms with Crippen LogP contribution in [0.5, 0.6) is 28.7 Å². The van der Waals surface area contributed by atoms with Crippen LogP contribution in [0.2, 0.25) is 0 Å². The van der Waals surface area contributed by atoms with Crippen LogP contribution >= 0.6 is 0 Å². The second kappa shape index (κ2) is 9.26. The third kappa shape index (κ3) is 3.65. The van der Waals surface area contributed by atoms with Crippen molar-refractivity contribution >= 4 is 17.5 Å². The van der Waals surface area contributed by atoms with Crippen molar-refractivity contribution in [2.75, 3.05) is 13.6 Å². The molecule has 228 valence electrons. The molecule has 3 aliphatic carbocycles. The molecule has 6 N–H and O–H groups in total. The van der Waals surface area contributed by atoms with E-state index in [2.05, 4.69) is 0 Å². The number of rotatable bonds is 3. The molecule has 45 heavy (non-hydrogen) atoms. The Hall–Kier alpha value is -5.49. The first-order chi connectivity index (χ1) is 21.6. The van der Waals surface area contributed by atoms with Crippen LogP contribution in [0.3, 0.4) is 0 Å². The highest BCUT2D eigenvalue weighted by atomic mass is 16.7. The number of aromatic hydroxyl groups is 1. The molecule has 0 radical (unpaired) electrons. The molecule has 2 heterocycles. The van der Waals surface area contributed by atoms with Crippen molar-refractivity contribution in [1.82, 2.24) is 0 Å². The second-order valence-corrected chi connectivity index (χ2v) is 11.7. The maximum atomic E-state index is 14.4. The number of Topliss-reactive ketones (excluding diaryl/α,β-unsaturated/α-hetero) is 2. The summed E-state index contributed by atoms with van der Waals surface area (Å²) in [6, 6.07) is 12.2. The van der Waals surface area contributed by atoms with Gasteiger partial charge in [-0.25, -0.2) is 0 Å². The van der Waals surface area contributed by atoms with Crippen LogP contribution in [0.4, 0.5) is 0 Å². The van der Waals surface area contributed by atoms with E-state index in [1.807, 2.05) is 6.07 Å². The number of allylic oxidation sites excluding steroid dienone is 2. The Morgan fingerprint density at radius 2 is 1.42 bits per heavy atom. The van der Waals surface area contributed by atoms with Crippen molar-refractivity contribution < 1.29 is 53.8 Å². The zero-order chi connectivity index (χ0) is 31.4. The molecule has 12 heteroatoms. The number of phenols is 1. The van der Waals surface area contributed by atoms with Crippen molar-refractivity contribution in [3.63, 3.8) is 0 Å². The van der Waals surface area contributed by atoms with Crippen LogP contribution < -0.4 is 24.7 Å². The van der Waals surface area contributed by atoms with E-state index in [4.69, 9.17) is 24.7 Å². The van der Waals surface area contributed by atoms with Gasteiger partial charge < -0.3 is 45.1 Å². The fourth-order valence-electron chi connectivity index (χ4n) is 7.29. The van der Waals surface area contributed by atoms with Gasteiger partial charge in [-0.15, -0.1) is 0 Å². The molecule has 2 aliphatic heterocycles. The van der Waals surface area contributed by atoms with Crippen molar-refractivity contribution in [1.29, 1.82) is 0 Å². The summed E-state index contributed by atoms with van der Waals surface area (Å²) in [4.78, 5) is 39.7. The molecule has 0 spiro atoms. The summed E-state index contributed by atoms with van der Waals surface area (Å²) < 4.78 is 22.0. The van der Waals surface area contributed by atoms with E-state index in [0.29, 0.717) is 45.3 Å². The van der Waals surface area contributed by atoms with E-state index in [-0.39, 0.29) is 55.3 Å². The van der Waals surface area contributed by atoms with Gasteiger partial charge in [-0.3, -0.25) is 14.4 Å². The number of amides is 1. The SMILES string of the molecule is NC(=O)C1=C(O)C[C@@H]2C[C@@H]3Cc4c(-c5ccc6c(c5)OCO6)cc(-c5ccc6c(c5)OCO6)c(O)c4C(=O)C3=C(O)[C@]2(O)C1=O. The van der Waals surface area contributed by atoms with E-state index < -0.39 is 52.0 Å². The number of aliphatic hydroxyl groups is 3. The fourth-order valence-corrected chi connectivity index (χ4v) is 7.29. The number of hydrogen-bond acceptors (Lipinski definition) is 11. The third-order valence-electron chi connectivity index (χ3n) is 9.43. The number of primary amides is 1. The predicted molar refractivity (Wildman–Crippen MR) is 154 cm³/mol. The first-order valence-corrected chi connectivity index (χ1v) is 14.2. The van der Waals surface area contributed by atoms with Gasteiger partial charge >= 0.3 is 0 Å². The highest BCUT2D eigenvalue weighted by molar-refractivity contribution is 6.24. The molecule has 0 bridgehead atoms. The Bertz CT molecular complexity index is 1980. The number of fused-ring (bicyclic) bond motifs is 5. The lowest BCUT2D eigenvalue weighted by molar-refractivity contribution is -0.144. The largest absolute Gasteiger partial charge is 0.511 e. The molecule has 3 aromatic carbocycles. The van der Waals surface area contributed by atoms with Crippen LogP contribution in [-0.4, -0.2) is 57.1 Å². The van der Waals surface area contributed by atoms with Crippen molar-refractivity contribution in [2.45, 2.75) is 24.9 Å². The molecule has 0 unspecified atom stereocenters. The molecular weight excluding hydrogens is 586 g/mol. The number of ketones is 2. The Balaban J connectivity index is 1.34. The molecule has 0 saturated heterocycles. The molecule has 0 fully saturated rings. The van der Waals surface area contributed by atoms with E-state index in [1.54, 1.807) is 36.4 Å². The Labute approximate surface area is 254 Å². The highest BCUT2D eigenvalue weighted by Crippen LogP contribution is 2.54. The number of hydrogen-bond donors (Lipinski definition) is 5. The molecule has 1 amide bonds. The number of phenolic OH excluding ortho intramolecular Hbond substituents is 1. The fraction of sp³-hybridized carbons (Fsp3) is 0.242. The normalized spacial score (nSPS) is 24.4. The molecule has 12 nitrogen and oxygen atoms in total. The van der Waals surface area contributed by atoms with Crippen LogP contribution in [0.25, 0.3) is 22.3 Å². The standard InChI is InChI=1S/C33H25NO11/c34-32(40)27-20(35)9-16-5-15-6-19-17(13-1-3-21-23(7-13)44-11-42-21)10-18(14-2-4-22-24(8-14)45-12-43-22)28(36)26(19)29(37)25(15)30(38)33(16,41)31(27)39/h1-4,7-8,10,15-16,35-36,38,41H,5-6,9,11-12H2,(H2,34,40)/t15-,16+,33+/m1/s1. The number of ether oxygens (including phenoxy) is 4. The Morgan fingerprint density at radius 1 is 0.822 bits per heavy atom. The summed E-state index contributed by atoms with van der Waals surface area (Å²) in [5, 5.41) is 45.3. The summed E-state index contributed by atoms with van der Waals surface area (Å²) in [7, 11) is 0. The average Bonchev–Trinajstić information content (AvgIpc) is 3.68.